The first-order chi connectivity index (χ1) is 17.0. The first-order valence-corrected chi connectivity index (χ1v) is 11.6. The molecular weight excluding hydrogens is 449 g/mol. The average molecular weight is 474 g/mol. The Morgan fingerprint density at radius 3 is 2.94 bits per heavy atom. The van der Waals surface area contributed by atoms with Crippen molar-refractivity contribution in [2.24, 2.45) is 0 Å². The van der Waals surface area contributed by atoms with E-state index < -0.39 is 11.7 Å². The van der Waals surface area contributed by atoms with Crippen LogP contribution in [0.5, 0.6) is 5.75 Å². The molecule has 1 saturated carbocycles. The molecule has 1 atom stereocenters. The number of aromatic nitrogens is 4. The standard InChI is InChI=1S/C26H24FN5O3/c1-15-9-20(27)19(10-23(15)31-11-22(29-14-31)16-5-6-16)26(34)30-21-4-2-3-18-24(21)35-13-17(12-33)32-8-7-28-25(18)32/h2-4,7-11,14,16-17,33H,5-6,12-13H2,1H3,(H,30,34)/t17-/m0/s1. The zero-order chi connectivity index (χ0) is 24.1. The Morgan fingerprint density at radius 2 is 2.14 bits per heavy atom. The molecule has 3 heterocycles. The van der Waals surface area contributed by atoms with Crippen molar-refractivity contribution < 1.29 is 19.0 Å². The Kier molecular flexibility index (Phi) is 5.14. The summed E-state index contributed by atoms with van der Waals surface area (Å²) in [7, 11) is 0. The number of imidazole rings is 2. The number of carbonyl (C=O) groups is 1. The Balaban J connectivity index is 1.34. The lowest BCUT2D eigenvalue weighted by Gasteiger charge is -2.16. The number of hydrogen-bond acceptors (Lipinski definition) is 5. The quantitative estimate of drug-likeness (QED) is 0.452. The second-order valence-corrected chi connectivity index (χ2v) is 9.04. The average Bonchev–Trinajstić information content (AvgIpc) is 3.43. The number of hydrogen-bond donors (Lipinski definition) is 2. The topological polar surface area (TPSA) is 94.2 Å². The Morgan fingerprint density at radius 1 is 1.29 bits per heavy atom. The fourth-order valence-corrected chi connectivity index (χ4v) is 4.55. The van der Waals surface area contributed by atoms with Gasteiger partial charge < -0.3 is 24.3 Å². The zero-order valence-electron chi connectivity index (χ0n) is 19.1. The summed E-state index contributed by atoms with van der Waals surface area (Å²) in [4.78, 5) is 22.1. The summed E-state index contributed by atoms with van der Waals surface area (Å²) in [5.74, 6) is 0.359. The molecule has 0 spiro atoms. The van der Waals surface area contributed by atoms with E-state index in [1.54, 1.807) is 36.9 Å². The van der Waals surface area contributed by atoms with Crippen LogP contribution < -0.4 is 10.1 Å². The van der Waals surface area contributed by atoms with Gasteiger partial charge in [-0.15, -0.1) is 0 Å². The molecule has 9 heteroatoms. The normalized spacial score (nSPS) is 16.7. The predicted octanol–water partition coefficient (Wildman–Crippen LogP) is 4.24. The highest BCUT2D eigenvalue weighted by molar-refractivity contribution is 6.06. The number of halogens is 1. The van der Waals surface area contributed by atoms with E-state index in [0.717, 1.165) is 18.5 Å². The van der Waals surface area contributed by atoms with Crippen LogP contribution in [0.3, 0.4) is 0 Å². The second kappa shape index (κ2) is 8.35. The number of rotatable bonds is 5. The molecule has 1 aliphatic carbocycles. The lowest BCUT2D eigenvalue weighted by atomic mass is 10.1. The second-order valence-electron chi connectivity index (χ2n) is 9.04. The number of benzene rings is 2. The van der Waals surface area contributed by atoms with Crippen LogP contribution in [0.2, 0.25) is 0 Å². The fraction of sp³-hybridized carbons (Fsp3) is 0.269. The van der Waals surface area contributed by atoms with Crippen molar-refractivity contribution in [3.05, 3.63) is 77.9 Å². The molecule has 8 nitrogen and oxygen atoms in total. The van der Waals surface area contributed by atoms with E-state index in [9.17, 15) is 14.3 Å². The van der Waals surface area contributed by atoms with Crippen LogP contribution in [-0.2, 0) is 0 Å². The molecule has 2 aromatic carbocycles. The molecule has 6 rings (SSSR count). The predicted molar refractivity (Wildman–Crippen MR) is 127 cm³/mol. The largest absolute Gasteiger partial charge is 0.488 e. The van der Waals surface area contributed by atoms with Crippen molar-refractivity contribution in [2.45, 2.75) is 31.7 Å². The highest BCUT2D eigenvalue weighted by Gasteiger charge is 2.27. The summed E-state index contributed by atoms with van der Waals surface area (Å²) in [6.07, 6.45) is 9.37. The molecule has 2 N–H and O–H groups in total. The third-order valence-corrected chi connectivity index (χ3v) is 6.60. The number of aliphatic hydroxyl groups is 1. The summed E-state index contributed by atoms with van der Waals surface area (Å²) in [5, 5.41) is 12.6. The third-order valence-electron chi connectivity index (χ3n) is 6.60. The number of nitrogens with one attached hydrogen (secondary N) is 1. The summed E-state index contributed by atoms with van der Waals surface area (Å²) in [6.45, 7) is 1.89. The number of nitrogens with zero attached hydrogens (tertiary/aromatic N) is 4. The number of aliphatic hydroxyl groups excluding tert-OH is 1. The van der Waals surface area contributed by atoms with E-state index in [4.69, 9.17) is 4.74 Å². The van der Waals surface area contributed by atoms with Gasteiger partial charge in [-0.25, -0.2) is 14.4 Å². The van der Waals surface area contributed by atoms with Crippen LogP contribution in [0.4, 0.5) is 10.1 Å². The minimum absolute atomic E-state index is 0.0757. The zero-order valence-corrected chi connectivity index (χ0v) is 19.1. The molecule has 35 heavy (non-hydrogen) atoms. The van der Waals surface area contributed by atoms with Gasteiger partial charge in [0.2, 0.25) is 0 Å². The molecule has 0 saturated heterocycles. The molecule has 2 aliphatic rings. The van der Waals surface area contributed by atoms with Crippen LogP contribution in [0.25, 0.3) is 17.1 Å². The molecule has 0 bridgehead atoms. The van der Waals surface area contributed by atoms with Crippen LogP contribution in [0, 0.1) is 12.7 Å². The van der Waals surface area contributed by atoms with Gasteiger partial charge in [0.25, 0.3) is 5.91 Å². The van der Waals surface area contributed by atoms with Gasteiger partial charge in [0.15, 0.2) is 5.75 Å². The van der Waals surface area contributed by atoms with Crippen molar-refractivity contribution in [3.8, 4) is 22.8 Å². The van der Waals surface area contributed by atoms with E-state index in [0.29, 0.717) is 40.0 Å². The van der Waals surface area contributed by atoms with Gasteiger partial charge in [-0.2, -0.15) is 0 Å². The monoisotopic (exact) mass is 473 g/mol. The Hall–Kier alpha value is -3.98. The molecule has 1 aliphatic heterocycles. The van der Waals surface area contributed by atoms with Gasteiger partial charge in [-0.3, -0.25) is 4.79 Å². The number of amides is 1. The molecule has 2 aromatic heterocycles. The van der Waals surface area contributed by atoms with Crippen molar-refractivity contribution in [3.63, 3.8) is 0 Å². The summed E-state index contributed by atoms with van der Waals surface area (Å²) in [5.41, 5.74) is 3.43. The summed E-state index contributed by atoms with van der Waals surface area (Å²) < 4.78 is 24.6. The van der Waals surface area contributed by atoms with Gasteiger partial charge in [0.05, 0.1) is 47.2 Å². The molecular formula is C26H24FN5O3. The minimum atomic E-state index is -0.606. The van der Waals surface area contributed by atoms with Crippen molar-refractivity contribution in [2.75, 3.05) is 18.5 Å². The van der Waals surface area contributed by atoms with Crippen molar-refractivity contribution in [1.29, 1.82) is 0 Å². The van der Waals surface area contributed by atoms with Gasteiger partial charge in [-0.05, 0) is 49.6 Å². The fourth-order valence-electron chi connectivity index (χ4n) is 4.55. The number of carbonyl (C=O) groups excluding carboxylic acids is 1. The lowest BCUT2D eigenvalue weighted by molar-refractivity contribution is 0.102. The van der Waals surface area contributed by atoms with E-state index in [-0.39, 0.29) is 24.8 Å². The highest BCUT2D eigenvalue weighted by Crippen LogP contribution is 2.40. The van der Waals surface area contributed by atoms with Crippen molar-refractivity contribution >= 4 is 11.6 Å². The molecule has 0 unspecified atom stereocenters. The molecule has 1 fully saturated rings. The number of ether oxygens (including phenoxy) is 1. The third kappa shape index (κ3) is 3.77. The van der Waals surface area contributed by atoms with Crippen LogP contribution in [-0.4, -0.2) is 43.3 Å². The number of fused-ring (bicyclic) bond motifs is 3. The van der Waals surface area contributed by atoms with Gasteiger partial charge in [0, 0.05) is 24.5 Å². The van der Waals surface area contributed by atoms with Gasteiger partial charge >= 0.3 is 0 Å². The lowest BCUT2D eigenvalue weighted by Crippen LogP contribution is -2.19. The Bertz CT molecular complexity index is 1440. The number of para-hydroxylation sites is 1. The van der Waals surface area contributed by atoms with Gasteiger partial charge in [0.1, 0.15) is 18.2 Å². The number of anilines is 1. The number of aryl methyl sites for hydroxylation is 1. The minimum Gasteiger partial charge on any atom is -0.488 e. The molecule has 178 valence electrons. The van der Waals surface area contributed by atoms with E-state index in [1.165, 1.54) is 6.07 Å². The van der Waals surface area contributed by atoms with Crippen LogP contribution >= 0.6 is 0 Å². The molecule has 0 radical (unpaired) electrons. The van der Waals surface area contributed by atoms with Crippen LogP contribution in [0.15, 0.2) is 55.2 Å². The highest BCUT2D eigenvalue weighted by atomic mass is 19.1. The smallest absolute Gasteiger partial charge is 0.258 e. The molecule has 1 amide bonds. The SMILES string of the molecule is Cc1cc(F)c(C(=O)Nc2cccc3c2OC[C@H](CO)n2ccnc2-3)cc1-n1cnc(C2CC2)c1. The van der Waals surface area contributed by atoms with E-state index >= 15 is 0 Å². The summed E-state index contributed by atoms with van der Waals surface area (Å²) in [6, 6.07) is 7.92. The first-order valence-electron chi connectivity index (χ1n) is 11.6. The maximum atomic E-state index is 14.9. The Labute approximate surface area is 201 Å². The molecule has 4 aromatic rings. The summed E-state index contributed by atoms with van der Waals surface area (Å²) >= 11 is 0. The first kappa shape index (κ1) is 21.5. The van der Waals surface area contributed by atoms with E-state index in [2.05, 4.69) is 15.3 Å². The van der Waals surface area contributed by atoms with Crippen LogP contribution in [0.1, 0.15) is 46.4 Å². The van der Waals surface area contributed by atoms with Gasteiger partial charge in [-0.1, -0.05) is 6.07 Å². The van der Waals surface area contributed by atoms with Crippen molar-refractivity contribution in [1.82, 2.24) is 19.1 Å². The maximum Gasteiger partial charge on any atom is 0.258 e. The van der Waals surface area contributed by atoms with E-state index in [1.807, 2.05) is 28.3 Å². The maximum absolute atomic E-state index is 14.9.